The Morgan fingerprint density at radius 3 is 2.63 bits per heavy atom. The first-order valence-electron chi connectivity index (χ1n) is 10.3. The third-order valence-electron chi connectivity index (χ3n) is 5.56. The van der Waals surface area contributed by atoms with E-state index >= 15 is 0 Å². The summed E-state index contributed by atoms with van der Waals surface area (Å²) in [6.07, 6.45) is 3.21. The molecule has 0 fully saturated rings. The molecule has 0 saturated carbocycles. The predicted octanol–water partition coefficient (Wildman–Crippen LogP) is 3.19. The summed E-state index contributed by atoms with van der Waals surface area (Å²) in [5.41, 5.74) is 2.66. The van der Waals surface area contributed by atoms with Crippen LogP contribution in [-0.2, 0) is 11.2 Å². The lowest BCUT2D eigenvalue weighted by molar-refractivity contribution is 0.0868. The molecular weight excluding hydrogens is 384 g/mol. The zero-order chi connectivity index (χ0) is 21.8. The van der Waals surface area contributed by atoms with Crippen molar-refractivity contribution in [2.75, 3.05) is 27.4 Å². The van der Waals surface area contributed by atoms with Gasteiger partial charge in [-0.1, -0.05) is 6.92 Å². The first-order valence-corrected chi connectivity index (χ1v) is 10.3. The summed E-state index contributed by atoms with van der Waals surface area (Å²) in [7, 11) is 3.18. The summed E-state index contributed by atoms with van der Waals surface area (Å²) in [6.45, 7) is 6.78. The highest BCUT2D eigenvalue weighted by atomic mass is 16.5. The Balaban J connectivity index is 2.06. The molecule has 1 N–H and O–H groups in total. The van der Waals surface area contributed by atoms with E-state index in [4.69, 9.17) is 14.2 Å². The lowest BCUT2D eigenvalue weighted by Gasteiger charge is -2.31. The van der Waals surface area contributed by atoms with Crippen molar-refractivity contribution in [3.63, 3.8) is 0 Å². The standard InChI is InChI=1S/C23H30N2O5/c1-6-16-8-15-9-22(30-7-2)21(29-5)10-17(15)19-11-20(26)18(13-25(16)19)23(27)24-12-14(3)28-4/h9-11,13-14,16H,6-8,12H2,1-5H3,(H,24,27). The van der Waals surface area contributed by atoms with Crippen LogP contribution in [0.1, 0.15) is 49.2 Å². The minimum absolute atomic E-state index is 0.128. The molecule has 0 aliphatic carbocycles. The van der Waals surface area contributed by atoms with Crippen LogP contribution in [0.2, 0.25) is 0 Å². The van der Waals surface area contributed by atoms with Gasteiger partial charge >= 0.3 is 0 Å². The van der Waals surface area contributed by atoms with Gasteiger partial charge in [0, 0.05) is 37.5 Å². The first-order chi connectivity index (χ1) is 14.4. The molecule has 1 aromatic heterocycles. The van der Waals surface area contributed by atoms with Crippen molar-refractivity contribution in [2.45, 2.75) is 45.8 Å². The van der Waals surface area contributed by atoms with Crippen LogP contribution in [0, 0.1) is 0 Å². The van der Waals surface area contributed by atoms with E-state index in [1.807, 2.05) is 30.5 Å². The summed E-state index contributed by atoms with van der Waals surface area (Å²) < 4.78 is 18.4. The number of nitrogens with zero attached hydrogens (tertiary/aromatic N) is 1. The molecule has 162 valence electrons. The van der Waals surface area contributed by atoms with Crippen molar-refractivity contribution in [3.05, 3.63) is 45.7 Å². The SMILES string of the molecule is CCOc1cc2c(cc1OC)-c1cc(=O)c(C(=O)NCC(C)OC)cn1C(CC)C2. The fourth-order valence-corrected chi connectivity index (χ4v) is 3.78. The molecule has 0 bridgehead atoms. The molecule has 1 amide bonds. The molecule has 1 aliphatic rings. The summed E-state index contributed by atoms with van der Waals surface area (Å²) >= 11 is 0. The molecule has 1 aliphatic heterocycles. The second-order valence-corrected chi connectivity index (χ2v) is 7.46. The average Bonchev–Trinajstić information content (AvgIpc) is 2.75. The van der Waals surface area contributed by atoms with Crippen molar-refractivity contribution in [1.29, 1.82) is 0 Å². The van der Waals surface area contributed by atoms with Crippen LogP contribution in [0.5, 0.6) is 11.5 Å². The van der Waals surface area contributed by atoms with Crippen LogP contribution in [0.4, 0.5) is 0 Å². The molecule has 0 saturated heterocycles. The molecular formula is C23H30N2O5. The summed E-state index contributed by atoms with van der Waals surface area (Å²) in [6, 6.07) is 5.61. The smallest absolute Gasteiger partial charge is 0.256 e. The maximum absolute atomic E-state index is 12.8. The number of carbonyl (C=O) groups is 1. The van der Waals surface area contributed by atoms with Gasteiger partial charge in [-0.15, -0.1) is 0 Å². The van der Waals surface area contributed by atoms with Gasteiger partial charge in [0.25, 0.3) is 5.91 Å². The normalized spacial score (nSPS) is 15.7. The highest BCUT2D eigenvalue weighted by Crippen LogP contribution is 2.41. The number of methoxy groups -OCH3 is 2. The van der Waals surface area contributed by atoms with Crippen LogP contribution in [0.3, 0.4) is 0 Å². The third-order valence-corrected chi connectivity index (χ3v) is 5.56. The average molecular weight is 415 g/mol. The van der Waals surface area contributed by atoms with Gasteiger partial charge in [-0.2, -0.15) is 0 Å². The van der Waals surface area contributed by atoms with Crippen molar-refractivity contribution in [2.24, 2.45) is 0 Å². The number of pyridine rings is 1. The van der Waals surface area contributed by atoms with Gasteiger partial charge < -0.3 is 24.1 Å². The Kier molecular flexibility index (Phi) is 6.82. The maximum Gasteiger partial charge on any atom is 0.256 e. The molecule has 3 rings (SSSR count). The zero-order valence-electron chi connectivity index (χ0n) is 18.3. The highest BCUT2D eigenvalue weighted by molar-refractivity contribution is 5.94. The van der Waals surface area contributed by atoms with Gasteiger partial charge in [-0.25, -0.2) is 0 Å². The van der Waals surface area contributed by atoms with E-state index in [9.17, 15) is 9.59 Å². The van der Waals surface area contributed by atoms with E-state index in [1.54, 1.807) is 26.5 Å². The Labute approximate surface area is 177 Å². The van der Waals surface area contributed by atoms with E-state index in [0.29, 0.717) is 24.7 Å². The fourth-order valence-electron chi connectivity index (χ4n) is 3.78. The molecule has 2 heterocycles. The Hall–Kier alpha value is -2.80. The quantitative estimate of drug-likeness (QED) is 0.718. The number of hydrogen-bond donors (Lipinski definition) is 1. The van der Waals surface area contributed by atoms with Crippen LogP contribution >= 0.6 is 0 Å². The number of nitrogens with one attached hydrogen (secondary N) is 1. The van der Waals surface area contributed by atoms with Crippen LogP contribution < -0.4 is 20.2 Å². The molecule has 0 spiro atoms. The van der Waals surface area contributed by atoms with E-state index in [2.05, 4.69) is 12.2 Å². The van der Waals surface area contributed by atoms with Gasteiger partial charge in [0.2, 0.25) is 0 Å². The summed E-state index contributed by atoms with van der Waals surface area (Å²) in [5.74, 6) is 0.941. The van der Waals surface area contributed by atoms with Crippen molar-refractivity contribution >= 4 is 5.91 Å². The first kappa shape index (κ1) is 21.9. The predicted molar refractivity (Wildman–Crippen MR) is 116 cm³/mol. The Bertz CT molecular complexity index is 982. The second-order valence-electron chi connectivity index (χ2n) is 7.46. The molecule has 2 atom stereocenters. The largest absolute Gasteiger partial charge is 0.493 e. The van der Waals surface area contributed by atoms with E-state index in [0.717, 1.165) is 29.7 Å². The van der Waals surface area contributed by atoms with E-state index in [1.165, 1.54) is 0 Å². The second kappa shape index (κ2) is 9.34. The fraction of sp³-hybridized carbons (Fsp3) is 0.478. The Morgan fingerprint density at radius 2 is 2.00 bits per heavy atom. The van der Waals surface area contributed by atoms with Crippen LogP contribution in [0.15, 0.2) is 29.2 Å². The molecule has 0 radical (unpaired) electrons. The van der Waals surface area contributed by atoms with E-state index in [-0.39, 0.29) is 29.0 Å². The number of ether oxygens (including phenoxy) is 3. The number of fused-ring (bicyclic) bond motifs is 3. The van der Waals surface area contributed by atoms with Crippen molar-refractivity contribution < 1.29 is 19.0 Å². The molecule has 1 aromatic carbocycles. The van der Waals surface area contributed by atoms with Gasteiger partial charge in [0.05, 0.1) is 25.5 Å². The number of benzene rings is 1. The van der Waals surface area contributed by atoms with Crippen molar-refractivity contribution in [1.82, 2.24) is 9.88 Å². The summed E-state index contributed by atoms with van der Waals surface area (Å²) in [4.78, 5) is 25.4. The van der Waals surface area contributed by atoms with Gasteiger partial charge in [-0.3, -0.25) is 9.59 Å². The minimum atomic E-state index is -0.385. The van der Waals surface area contributed by atoms with Crippen LogP contribution in [-0.4, -0.2) is 43.9 Å². The molecule has 30 heavy (non-hydrogen) atoms. The van der Waals surface area contributed by atoms with Gasteiger partial charge in [0.15, 0.2) is 16.9 Å². The number of rotatable bonds is 8. The lowest BCUT2D eigenvalue weighted by Crippen LogP contribution is -2.35. The summed E-state index contributed by atoms with van der Waals surface area (Å²) in [5, 5.41) is 2.78. The number of hydrogen-bond acceptors (Lipinski definition) is 5. The number of amides is 1. The topological polar surface area (TPSA) is 78.8 Å². The van der Waals surface area contributed by atoms with Gasteiger partial charge in [0.1, 0.15) is 5.56 Å². The molecule has 7 heteroatoms. The monoisotopic (exact) mass is 414 g/mol. The van der Waals surface area contributed by atoms with Crippen LogP contribution in [0.25, 0.3) is 11.3 Å². The maximum atomic E-state index is 12.8. The number of carbonyl (C=O) groups excluding carboxylic acids is 1. The van der Waals surface area contributed by atoms with Gasteiger partial charge in [-0.05, 0) is 44.4 Å². The third kappa shape index (κ3) is 4.21. The minimum Gasteiger partial charge on any atom is -0.493 e. The molecule has 2 unspecified atom stereocenters. The van der Waals surface area contributed by atoms with E-state index < -0.39 is 0 Å². The van der Waals surface area contributed by atoms with Crippen molar-refractivity contribution in [3.8, 4) is 22.8 Å². The highest BCUT2D eigenvalue weighted by Gasteiger charge is 2.27. The lowest BCUT2D eigenvalue weighted by atomic mass is 9.90. The Morgan fingerprint density at radius 1 is 1.23 bits per heavy atom. The zero-order valence-corrected chi connectivity index (χ0v) is 18.3. The molecule has 2 aromatic rings. The molecule has 7 nitrogen and oxygen atoms in total. The number of aromatic nitrogens is 1.